The lowest BCUT2D eigenvalue weighted by Gasteiger charge is -2.28. The summed E-state index contributed by atoms with van der Waals surface area (Å²) in [6.45, 7) is 0.413. The van der Waals surface area contributed by atoms with Crippen LogP contribution in [0.3, 0.4) is 0 Å². The molecule has 76 valence electrons. The number of hydrazine groups is 1. The van der Waals surface area contributed by atoms with E-state index in [0.717, 1.165) is 25.7 Å². The topological polar surface area (TPSA) is 81.1 Å². The van der Waals surface area contributed by atoms with Crippen LogP contribution in [0.5, 0.6) is 0 Å². The first-order chi connectivity index (χ1) is 6.25. The third-order valence-corrected chi connectivity index (χ3v) is 3.06. The summed E-state index contributed by atoms with van der Waals surface area (Å²) < 4.78 is 0. The van der Waals surface area contributed by atoms with Gasteiger partial charge in [-0.1, -0.05) is 25.7 Å². The number of nitrogens with one attached hydrogen (secondary N) is 1. The molecule has 0 aromatic rings. The van der Waals surface area contributed by atoms with Gasteiger partial charge in [0.25, 0.3) is 0 Å². The van der Waals surface area contributed by atoms with Crippen LogP contribution in [-0.2, 0) is 4.79 Å². The molecule has 0 atom stereocenters. The van der Waals surface area contributed by atoms with E-state index in [1.807, 2.05) is 0 Å². The highest BCUT2D eigenvalue weighted by Crippen LogP contribution is 2.33. The second-order valence-corrected chi connectivity index (χ2v) is 3.87. The Hall–Kier alpha value is -0.610. The number of carbonyl (C=O) groups excluding carboxylic acids is 1. The van der Waals surface area contributed by atoms with Crippen LogP contribution in [0.1, 0.15) is 38.5 Å². The van der Waals surface area contributed by atoms with Crippen molar-refractivity contribution in [3.8, 4) is 0 Å². The van der Waals surface area contributed by atoms with Gasteiger partial charge in [-0.15, -0.1) is 0 Å². The molecule has 0 aromatic heterocycles. The number of rotatable bonds is 2. The summed E-state index contributed by atoms with van der Waals surface area (Å²) in [7, 11) is 0. The van der Waals surface area contributed by atoms with Gasteiger partial charge >= 0.3 is 0 Å². The molecule has 1 aliphatic carbocycles. The van der Waals surface area contributed by atoms with Crippen molar-refractivity contribution in [2.24, 2.45) is 17.0 Å². The van der Waals surface area contributed by atoms with Crippen molar-refractivity contribution >= 4 is 5.91 Å². The fourth-order valence-corrected chi connectivity index (χ4v) is 2.08. The zero-order valence-corrected chi connectivity index (χ0v) is 8.01. The Kier molecular flexibility index (Phi) is 3.69. The molecule has 1 saturated carbocycles. The normalized spacial score (nSPS) is 22.0. The fraction of sp³-hybridized carbons (Fsp3) is 0.889. The Morgan fingerprint density at radius 2 is 1.77 bits per heavy atom. The van der Waals surface area contributed by atoms with E-state index in [9.17, 15) is 4.79 Å². The molecule has 4 heteroatoms. The molecular formula is C9H19N3O. The van der Waals surface area contributed by atoms with Crippen LogP contribution in [-0.4, -0.2) is 12.5 Å². The van der Waals surface area contributed by atoms with Crippen molar-refractivity contribution in [3.05, 3.63) is 0 Å². The summed E-state index contributed by atoms with van der Waals surface area (Å²) in [5.41, 5.74) is 7.52. The lowest BCUT2D eigenvalue weighted by Crippen LogP contribution is -2.48. The molecule has 1 aliphatic rings. The van der Waals surface area contributed by atoms with Gasteiger partial charge in [0.2, 0.25) is 5.91 Å². The van der Waals surface area contributed by atoms with Crippen LogP contribution in [0.2, 0.25) is 0 Å². The Morgan fingerprint density at radius 3 is 2.15 bits per heavy atom. The van der Waals surface area contributed by atoms with E-state index in [-0.39, 0.29) is 11.3 Å². The number of hydrogen-bond donors (Lipinski definition) is 3. The molecular weight excluding hydrogens is 166 g/mol. The second-order valence-electron chi connectivity index (χ2n) is 3.87. The van der Waals surface area contributed by atoms with Gasteiger partial charge in [-0.25, -0.2) is 5.84 Å². The molecule has 0 heterocycles. The Labute approximate surface area is 79.0 Å². The van der Waals surface area contributed by atoms with Crippen molar-refractivity contribution in [2.45, 2.75) is 38.5 Å². The fourth-order valence-electron chi connectivity index (χ4n) is 2.08. The van der Waals surface area contributed by atoms with E-state index < -0.39 is 0 Å². The van der Waals surface area contributed by atoms with Crippen LogP contribution in [0, 0.1) is 5.41 Å². The molecule has 5 N–H and O–H groups in total. The van der Waals surface area contributed by atoms with Crippen LogP contribution >= 0.6 is 0 Å². The first-order valence-electron chi connectivity index (χ1n) is 4.96. The zero-order chi connectivity index (χ0) is 9.73. The highest BCUT2D eigenvalue weighted by atomic mass is 16.2. The maximum atomic E-state index is 11.6. The second kappa shape index (κ2) is 4.58. The number of nitrogens with two attached hydrogens (primary N) is 2. The Morgan fingerprint density at radius 1 is 1.23 bits per heavy atom. The van der Waals surface area contributed by atoms with E-state index in [4.69, 9.17) is 11.6 Å². The molecule has 4 nitrogen and oxygen atoms in total. The lowest BCUT2D eigenvalue weighted by molar-refractivity contribution is -0.131. The quantitative estimate of drug-likeness (QED) is 0.250. The zero-order valence-electron chi connectivity index (χ0n) is 8.01. The van der Waals surface area contributed by atoms with Gasteiger partial charge in [-0.3, -0.25) is 10.2 Å². The molecule has 1 fully saturated rings. The van der Waals surface area contributed by atoms with Crippen LogP contribution in [0.25, 0.3) is 0 Å². The van der Waals surface area contributed by atoms with Crippen molar-refractivity contribution in [1.82, 2.24) is 5.43 Å². The molecule has 0 radical (unpaired) electrons. The average Bonchev–Trinajstić information content (AvgIpc) is 2.42. The molecule has 1 rings (SSSR count). The molecule has 13 heavy (non-hydrogen) atoms. The first-order valence-corrected chi connectivity index (χ1v) is 4.96. The van der Waals surface area contributed by atoms with Crippen molar-refractivity contribution in [1.29, 1.82) is 0 Å². The third-order valence-electron chi connectivity index (χ3n) is 3.06. The van der Waals surface area contributed by atoms with Gasteiger partial charge in [0.15, 0.2) is 0 Å². The Bertz CT molecular complexity index is 174. The van der Waals surface area contributed by atoms with E-state index in [1.165, 1.54) is 12.8 Å². The number of hydrogen-bond acceptors (Lipinski definition) is 3. The summed E-state index contributed by atoms with van der Waals surface area (Å²) in [5.74, 6) is 5.07. The van der Waals surface area contributed by atoms with E-state index in [2.05, 4.69) is 5.43 Å². The SMILES string of the molecule is NCC1(C(=O)NN)CCCCCC1. The molecule has 0 aromatic carbocycles. The van der Waals surface area contributed by atoms with E-state index in [1.54, 1.807) is 0 Å². The van der Waals surface area contributed by atoms with Crippen molar-refractivity contribution < 1.29 is 4.79 Å². The highest BCUT2D eigenvalue weighted by molar-refractivity contribution is 5.82. The van der Waals surface area contributed by atoms with Crippen molar-refractivity contribution in [2.75, 3.05) is 6.54 Å². The van der Waals surface area contributed by atoms with Gasteiger partial charge in [0.05, 0.1) is 5.41 Å². The van der Waals surface area contributed by atoms with Crippen LogP contribution < -0.4 is 17.0 Å². The minimum Gasteiger partial charge on any atom is -0.329 e. The minimum atomic E-state index is -0.384. The molecule has 0 unspecified atom stereocenters. The standard InChI is InChI=1S/C9H19N3O/c10-7-9(8(13)12-11)5-3-1-2-4-6-9/h1-7,10-11H2,(H,12,13). The van der Waals surface area contributed by atoms with Gasteiger partial charge in [-0.2, -0.15) is 0 Å². The third kappa shape index (κ3) is 2.19. The Balaban J connectivity index is 2.70. The van der Waals surface area contributed by atoms with Gasteiger partial charge < -0.3 is 5.73 Å². The lowest BCUT2D eigenvalue weighted by atomic mass is 9.80. The summed E-state index contributed by atoms with van der Waals surface area (Å²) in [5, 5.41) is 0. The predicted octanol–water partition coefficient (Wildman–Crippen LogP) is 0.276. The first kappa shape index (κ1) is 10.5. The molecule has 0 spiro atoms. The van der Waals surface area contributed by atoms with Crippen LogP contribution in [0.4, 0.5) is 0 Å². The average molecular weight is 185 g/mol. The van der Waals surface area contributed by atoms with E-state index in [0.29, 0.717) is 6.54 Å². The number of carbonyl (C=O) groups is 1. The molecule has 1 amide bonds. The summed E-state index contributed by atoms with van der Waals surface area (Å²) in [6.07, 6.45) is 6.35. The van der Waals surface area contributed by atoms with Crippen LogP contribution in [0.15, 0.2) is 0 Å². The summed E-state index contributed by atoms with van der Waals surface area (Å²) in [4.78, 5) is 11.6. The van der Waals surface area contributed by atoms with Crippen molar-refractivity contribution in [3.63, 3.8) is 0 Å². The number of amides is 1. The monoisotopic (exact) mass is 185 g/mol. The smallest absolute Gasteiger partial charge is 0.241 e. The molecule has 0 bridgehead atoms. The largest absolute Gasteiger partial charge is 0.329 e. The van der Waals surface area contributed by atoms with Gasteiger partial charge in [0.1, 0.15) is 0 Å². The summed E-state index contributed by atoms with van der Waals surface area (Å²) >= 11 is 0. The highest BCUT2D eigenvalue weighted by Gasteiger charge is 2.36. The molecule has 0 saturated heterocycles. The maximum absolute atomic E-state index is 11.6. The van der Waals surface area contributed by atoms with Gasteiger partial charge in [-0.05, 0) is 12.8 Å². The minimum absolute atomic E-state index is 0.0862. The van der Waals surface area contributed by atoms with Gasteiger partial charge in [0, 0.05) is 6.54 Å². The maximum Gasteiger partial charge on any atom is 0.241 e. The van der Waals surface area contributed by atoms with E-state index >= 15 is 0 Å². The predicted molar refractivity (Wildman–Crippen MR) is 51.5 cm³/mol. The summed E-state index contributed by atoms with van der Waals surface area (Å²) in [6, 6.07) is 0. The molecule has 0 aliphatic heterocycles.